The van der Waals surface area contributed by atoms with Crippen molar-refractivity contribution >= 4 is 22.1 Å². The molecule has 0 bridgehead atoms. The summed E-state index contributed by atoms with van der Waals surface area (Å²) in [4.78, 5) is 11.9. The number of thiazole rings is 1. The summed E-state index contributed by atoms with van der Waals surface area (Å²) in [7, 11) is 0. The van der Waals surface area contributed by atoms with Gasteiger partial charge in [-0.2, -0.15) is 0 Å². The summed E-state index contributed by atoms with van der Waals surface area (Å²) < 4.78 is 7.38. The third kappa shape index (κ3) is 2.78. The van der Waals surface area contributed by atoms with Crippen LogP contribution in [0.3, 0.4) is 0 Å². The van der Waals surface area contributed by atoms with E-state index in [2.05, 4.69) is 6.07 Å². The molecule has 2 heterocycles. The Labute approximate surface area is 126 Å². The largest absolute Gasteiger partial charge is 0.494 e. The molecule has 4 nitrogen and oxygen atoms in total. The Morgan fingerprint density at radius 1 is 1.29 bits per heavy atom. The molecule has 108 valence electrons. The van der Waals surface area contributed by atoms with Gasteiger partial charge in [-0.3, -0.25) is 4.79 Å². The molecule has 2 aromatic heterocycles. The van der Waals surface area contributed by atoms with Gasteiger partial charge in [-0.15, -0.1) is 11.3 Å². The molecular weight excluding hydrogens is 286 g/mol. The Morgan fingerprint density at radius 3 is 2.71 bits per heavy atom. The Bertz CT molecular complexity index is 771. The van der Waals surface area contributed by atoms with Gasteiger partial charge in [0.2, 0.25) is 0 Å². The lowest BCUT2D eigenvalue weighted by Gasteiger charge is -2.03. The number of carboxylic acids is 1. The fourth-order valence-electron chi connectivity index (χ4n) is 2.29. The molecule has 0 atom stereocenters. The smallest absolute Gasteiger partial charge is 0.309 e. The van der Waals surface area contributed by atoms with Crippen molar-refractivity contribution in [1.82, 2.24) is 4.40 Å². The fourth-order valence-corrected chi connectivity index (χ4v) is 3.23. The lowest BCUT2D eigenvalue weighted by molar-refractivity contribution is -0.136. The van der Waals surface area contributed by atoms with Crippen LogP contribution in [0.15, 0.2) is 41.9 Å². The molecule has 0 aliphatic heterocycles. The minimum atomic E-state index is -0.814. The number of nitrogens with zero attached hydrogens (tertiary/aromatic N) is 1. The molecule has 3 rings (SSSR count). The second kappa shape index (κ2) is 5.61. The van der Waals surface area contributed by atoms with Crippen molar-refractivity contribution in [3.8, 4) is 16.9 Å². The molecule has 1 N–H and O–H groups in total. The third-order valence-corrected chi connectivity index (χ3v) is 4.19. The molecule has 0 spiro atoms. The van der Waals surface area contributed by atoms with E-state index < -0.39 is 5.97 Å². The summed E-state index contributed by atoms with van der Waals surface area (Å²) in [6, 6.07) is 10.00. The predicted octanol–water partition coefficient (Wildman–Crippen LogP) is 3.69. The molecule has 0 saturated carbocycles. The molecule has 0 saturated heterocycles. The van der Waals surface area contributed by atoms with Gasteiger partial charge >= 0.3 is 5.97 Å². The van der Waals surface area contributed by atoms with Gasteiger partial charge in [-0.1, -0.05) is 12.1 Å². The summed E-state index contributed by atoms with van der Waals surface area (Å²) in [6.45, 7) is 2.61. The van der Waals surface area contributed by atoms with Crippen LogP contribution in [-0.4, -0.2) is 22.1 Å². The monoisotopic (exact) mass is 301 g/mol. The van der Waals surface area contributed by atoms with Crippen LogP contribution < -0.4 is 4.74 Å². The van der Waals surface area contributed by atoms with Crippen molar-refractivity contribution in [2.45, 2.75) is 13.3 Å². The van der Waals surface area contributed by atoms with Gasteiger partial charge in [-0.25, -0.2) is 0 Å². The van der Waals surface area contributed by atoms with Crippen LogP contribution >= 0.6 is 11.3 Å². The molecule has 0 aliphatic rings. The van der Waals surface area contributed by atoms with E-state index in [0.29, 0.717) is 6.61 Å². The normalized spacial score (nSPS) is 10.9. The highest BCUT2D eigenvalue weighted by Crippen LogP contribution is 2.28. The molecule has 5 heteroatoms. The van der Waals surface area contributed by atoms with Crippen molar-refractivity contribution in [3.63, 3.8) is 0 Å². The van der Waals surface area contributed by atoms with E-state index in [-0.39, 0.29) is 6.42 Å². The van der Waals surface area contributed by atoms with Crippen molar-refractivity contribution < 1.29 is 14.6 Å². The maximum Gasteiger partial charge on any atom is 0.309 e. The number of carbonyl (C=O) groups is 1. The van der Waals surface area contributed by atoms with Crippen LogP contribution in [0.4, 0.5) is 0 Å². The van der Waals surface area contributed by atoms with Crippen LogP contribution in [0.2, 0.25) is 0 Å². The molecule has 0 unspecified atom stereocenters. The molecule has 0 fully saturated rings. The quantitative estimate of drug-likeness (QED) is 0.782. The van der Waals surface area contributed by atoms with E-state index >= 15 is 0 Å². The standard InChI is InChI=1S/C16H15NO3S/c1-2-20-14-5-3-11(4-6-14)12-7-15-17(9-12)13(10-21-15)8-16(18)19/h3-7,9-10H,2,8H2,1H3,(H,18,19). The third-order valence-electron chi connectivity index (χ3n) is 3.24. The first kappa shape index (κ1) is 13.7. The summed E-state index contributed by atoms with van der Waals surface area (Å²) in [5.74, 6) is 0.0415. The number of aromatic nitrogens is 1. The molecule has 1 aromatic carbocycles. The van der Waals surface area contributed by atoms with Crippen LogP contribution in [-0.2, 0) is 11.2 Å². The van der Waals surface area contributed by atoms with Gasteiger partial charge in [0.05, 0.1) is 17.9 Å². The molecule has 0 amide bonds. The zero-order valence-electron chi connectivity index (χ0n) is 11.6. The maximum atomic E-state index is 10.9. The van der Waals surface area contributed by atoms with Crippen molar-refractivity contribution in [2.75, 3.05) is 6.61 Å². The Kier molecular flexibility index (Phi) is 3.66. The van der Waals surface area contributed by atoms with Crippen molar-refractivity contribution in [1.29, 1.82) is 0 Å². The van der Waals surface area contributed by atoms with Gasteiger partial charge in [0, 0.05) is 22.8 Å². The van der Waals surface area contributed by atoms with Crippen molar-refractivity contribution in [2.24, 2.45) is 0 Å². The average Bonchev–Trinajstić information content (AvgIpc) is 3.02. The number of carboxylic acid groups (broad SMARTS) is 1. The molecule has 3 aromatic rings. The van der Waals surface area contributed by atoms with Gasteiger partial charge in [0.1, 0.15) is 5.75 Å². The van der Waals surface area contributed by atoms with Gasteiger partial charge in [-0.05, 0) is 30.7 Å². The average molecular weight is 301 g/mol. The zero-order valence-corrected chi connectivity index (χ0v) is 12.4. The first-order valence-corrected chi connectivity index (χ1v) is 7.59. The molecule has 21 heavy (non-hydrogen) atoms. The number of fused-ring (bicyclic) bond motifs is 1. The number of hydrogen-bond donors (Lipinski definition) is 1. The minimum Gasteiger partial charge on any atom is -0.494 e. The second-order valence-electron chi connectivity index (χ2n) is 4.69. The van der Waals surface area contributed by atoms with E-state index in [1.807, 2.05) is 47.2 Å². The van der Waals surface area contributed by atoms with Crippen LogP contribution in [0, 0.1) is 0 Å². The van der Waals surface area contributed by atoms with Gasteiger partial charge in [0.15, 0.2) is 0 Å². The van der Waals surface area contributed by atoms with E-state index in [1.165, 1.54) is 0 Å². The van der Waals surface area contributed by atoms with E-state index in [9.17, 15) is 4.79 Å². The predicted molar refractivity (Wildman–Crippen MR) is 83.2 cm³/mol. The highest BCUT2D eigenvalue weighted by atomic mass is 32.1. The highest BCUT2D eigenvalue weighted by Gasteiger charge is 2.10. The number of hydrogen-bond acceptors (Lipinski definition) is 3. The van der Waals surface area contributed by atoms with Gasteiger partial charge < -0.3 is 14.2 Å². The molecule has 0 radical (unpaired) electrons. The summed E-state index contributed by atoms with van der Waals surface area (Å²) in [6.07, 6.45) is 2.02. The second-order valence-corrected chi connectivity index (χ2v) is 5.58. The summed E-state index contributed by atoms with van der Waals surface area (Å²) in [5.41, 5.74) is 2.98. The van der Waals surface area contributed by atoms with Crippen LogP contribution in [0.1, 0.15) is 12.6 Å². The fraction of sp³-hybridized carbons (Fsp3) is 0.188. The van der Waals surface area contributed by atoms with Gasteiger partial charge in [0.25, 0.3) is 0 Å². The lowest BCUT2D eigenvalue weighted by atomic mass is 10.1. The lowest BCUT2D eigenvalue weighted by Crippen LogP contribution is -2.01. The Hall–Kier alpha value is -2.27. The number of aliphatic carboxylic acids is 1. The Morgan fingerprint density at radius 2 is 2.05 bits per heavy atom. The minimum absolute atomic E-state index is 0.0391. The van der Waals surface area contributed by atoms with Crippen LogP contribution in [0.25, 0.3) is 16.0 Å². The summed E-state index contributed by atoms with van der Waals surface area (Å²) in [5, 5.41) is 10.8. The maximum absolute atomic E-state index is 10.9. The van der Waals surface area contributed by atoms with Crippen molar-refractivity contribution in [3.05, 3.63) is 47.6 Å². The summed E-state index contributed by atoms with van der Waals surface area (Å²) >= 11 is 1.56. The highest BCUT2D eigenvalue weighted by molar-refractivity contribution is 7.15. The topological polar surface area (TPSA) is 50.9 Å². The molecule has 0 aliphatic carbocycles. The number of rotatable bonds is 5. The molecular formula is C16H15NO3S. The van der Waals surface area contributed by atoms with Crippen LogP contribution in [0.5, 0.6) is 5.75 Å². The van der Waals surface area contributed by atoms with E-state index in [4.69, 9.17) is 9.84 Å². The number of ether oxygens (including phenoxy) is 1. The SMILES string of the molecule is CCOc1ccc(-c2cc3scc(CC(=O)O)n3c2)cc1. The van der Waals surface area contributed by atoms with E-state index in [1.54, 1.807) is 11.3 Å². The first-order chi connectivity index (χ1) is 10.2. The number of benzene rings is 1. The van der Waals surface area contributed by atoms with E-state index in [0.717, 1.165) is 27.4 Å². The Balaban J connectivity index is 1.93. The zero-order chi connectivity index (χ0) is 14.8. The first-order valence-electron chi connectivity index (χ1n) is 6.71.